The summed E-state index contributed by atoms with van der Waals surface area (Å²) < 4.78 is 0. The molecular weight excluding hydrogens is 186 g/mol. The minimum absolute atomic E-state index is 0.0963. The smallest absolute Gasteiger partial charge is 0.0695 e. The predicted octanol–water partition coefficient (Wildman–Crippen LogP) is 2.52. The average molecular weight is 213 g/mol. The predicted molar refractivity (Wildman–Crippen MR) is 64.9 cm³/mol. The number of nitrogens with zero attached hydrogens (tertiary/aromatic N) is 1. The van der Waals surface area contributed by atoms with Gasteiger partial charge in [-0.05, 0) is 43.7 Å². The molecule has 1 unspecified atom stereocenters. The van der Waals surface area contributed by atoms with Crippen LogP contribution in [0, 0.1) is 11.3 Å². The molecule has 1 fully saturated rings. The van der Waals surface area contributed by atoms with Gasteiger partial charge in [0, 0.05) is 6.54 Å². The maximum Gasteiger partial charge on any atom is 0.0695 e. The van der Waals surface area contributed by atoms with Gasteiger partial charge in [-0.25, -0.2) is 0 Å². The number of rotatable bonds is 3. The average Bonchev–Trinajstić information content (AvgIpc) is 2.14. The second-order valence-corrected chi connectivity index (χ2v) is 6.11. The Morgan fingerprint density at radius 2 is 2.00 bits per heavy atom. The van der Waals surface area contributed by atoms with Crippen LogP contribution in [0.25, 0.3) is 0 Å². The zero-order valence-corrected chi connectivity index (χ0v) is 10.8. The molecule has 0 saturated carbocycles. The Morgan fingerprint density at radius 3 is 2.47 bits per heavy atom. The van der Waals surface area contributed by atoms with E-state index in [1.54, 1.807) is 0 Å². The Kier molecular flexibility index (Phi) is 4.60. The lowest BCUT2D eigenvalue weighted by atomic mass is 9.82. The van der Waals surface area contributed by atoms with Gasteiger partial charge in [-0.1, -0.05) is 27.7 Å². The Bertz CT molecular complexity index is 185. The summed E-state index contributed by atoms with van der Waals surface area (Å²) in [4.78, 5) is 2.35. The zero-order valence-electron chi connectivity index (χ0n) is 10.8. The highest BCUT2D eigenvalue weighted by Gasteiger charge is 2.27. The summed E-state index contributed by atoms with van der Waals surface area (Å²) in [6.07, 6.45) is 3.48. The van der Waals surface area contributed by atoms with E-state index in [0.29, 0.717) is 11.3 Å². The van der Waals surface area contributed by atoms with Crippen molar-refractivity contribution in [1.29, 1.82) is 0 Å². The zero-order chi connectivity index (χ0) is 11.5. The van der Waals surface area contributed by atoms with Crippen molar-refractivity contribution in [2.45, 2.75) is 53.1 Å². The molecule has 1 saturated heterocycles. The fourth-order valence-corrected chi connectivity index (χ4v) is 2.29. The first-order valence-corrected chi connectivity index (χ1v) is 6.33. The molecule has 0 aromatic heterocycles. The third-order valence-corrected chi connectivity index (χ3v) is 3.52. The highest BCUT2D eigenvalue weighted by molar-refractivity contribution is 4.80. The Balaban J connectivity index is 2.32. The molecule has 0 bridgehead atoms. The molecule has 90 valence electrons. The van der Waals surface area contributed by atoms with Gasteiger partial charge in [0.25, 0.3) is 0 Å². The molecule has 1 N–H and O–H groups in total. The van der Waals surface area contributed by atoms with Crippen molar-refractivity contribution in [3.05, 3.63) is 0 Å². The molecule has 0 radical (unpaired) electrons. The molecule has 0 amide bonds. The number of likely N-dealkylation sites (N-methyl/N-ethyl adjacent to an activating group) is 1. The number of likely N-dealkylation sites (tertiary alicyclic amines) is 1. The molecule has 1 aliphatic rings. The van der Waals surface area contributed by atoms with E-state index >= 15 is 0 Å². The monoisotopic (exact) mass is 213 g/mol. The summed E-state index contributed by atoms with van der Waals surface area (Å²) in [5.41, 5.74) is 0.404. The van der Waals surface area contributed by atoms with E-state index in [9.17, 15) is 5.11 Å². The van der Waals surface area contributed by atoms with Crippen molar-refractivity contribution in [2.24, 2.45) is 11.3 Å². The largest absolute Gasteiger partial charge is 0.392 e. The molecule has 0 spiro atoms. The molecule has 1 aliphatic heterocycles. The Morgan fingerprint density at radius 1 is 1.33 bits per heavy atom. The lowest BCUT2D eigenvalue weighted by Gasteiger charge is -2.36. The van der Waals surface area contributed by atoms with Crippen LogP contribution in [0.4, 0.5) is 0 Å². The Labute approximate surface area is 94.7 Å². The van der Waals surface area contributed by atoms with Gasteiger partial charge >= 0.3 is 0 Å². The van der Waals surface area contributed by atoms with Crippen LogP contribution in [0.1, 0.15) is 47.0 Å². The first-order valence-electron chi connectivity index (χ1n) is 6.33. The SMILES string of the molecule is CCN1CCC(CCC(C)(C)C)[C@H](O)C1. The number of piperidine rings is 1. The van der Waals surface area contributed by atoms with Gasteiger partial charge < -0.3 is 10.0 Å². The molecule has 0 aliphatic carbocycles. The van der Waals surface area contributed by atoms with Crippen LogP contribution in [0.5, 0.6) is 0 Å². The highest BCUT2D eigenvalue weighted by Crippen LogP contribution is 2.28. The van der Waals surface area contributed by atoms with Crippen LogP contribution >= 0.6 is 0 Å². The first kappa shape index (κ1) is 13.0. The van der Waals surface area contributed by atoms with Crippen molar-refractivity contribution >= 4 is 0 Å². The van der Waals surface area contributed by atoms with Gasteiger partial charge in [-0.3, -0.25) is 0 Å². The van der Waals surface area contributed by atoms with Gasteiger partial charge in [0.15, 0.2) is 0 Å². The van der Waals surface area contributed by atoms with E-state index in [1.165, 1.54) is 25.8 Å². The molecule has 15 heavy (non-hydrogen) atoms. The van der Waals surface area contributed by atoms with Crippen molar-refractivity contribution in [3.63, 3.8) is 0 Å². The van der Waals surface area contributed by atoms with Crippen LogP contribution in [0.3, 0.4) is 0 Å². The molecular formula is C13H27NO. The van der Waals surface area contributed by atoms with Crippen LogP contribution in [-0.2, 0) is 0 Å². The van der Waals surface area contributed by atoms with Crippen molar-refractivity contribution in [3.8, 4) is 0 Å². The van der Waals surface area contributed by atoms with Gasteiger partial charge in [-0.15, -0.1) is 0 Å². The number of aliphatic hydroxyl groups is 1. The second-order valence-electron chi connectivity index (χ2n) is 6.11. The lowest BCUT2D eigenvalue weighted by Crippen LogP contribution is -2.43. The quantitative estimate of drug-likeness (QED) is 0.778. The number of hydrogen-bond acceptors (Lipinski definition) is 2. The lowest BCUT2D eigenvalue weighted by molar-refractivity contribution is 0.0164. The van der Waals surface area contributed by atoms with E-state index < -0.39 is 0 Å². The van der Waals surface area contributed by atoms with Crippen molar-refractivity contribution in [1.82, 2.24) is 4.90 Å². The van der Waals surface area contributed by atoms with E-state index in [4.69, 9.17) is 0 Å². The van der Waals surface area contributed by atoms with Crippen LogP contribution in [0.15, 0.2) is 0 Å². The molecule has 2 atom stereocenters. The molecule has 0 aromatic carbocycles. The van der Waals surface area contributed by atoms with Crippen molar-refractivity contribution < 1.29 is 5.11 Å². The summed E-state index contributed by atoms with van der Waals surface area (Å²) in [6, 6.07) is 0. The molecule has 2 nitrogen and oxygen atoms in total. The Hall–Kier alpha value is -0.0800. The van der Waals surface area contributed by atoms with Crippen LogP contribution < -0.4 is 0 Å². The topological polar surface area (TPSA) is 23.5 Å². The molecule has 1 heterocycles. The van der Waals surface area contributed by atoms with Gasteiger partial charge in [0.1, 0.15) is 0 Å². The number of aliphatic hydroxyl groups excluding tert-OH is 1. The van der Waals surface area contributed by atoms with Gasteiger partial charge in [0.05, 0.1) is 6.10 Å². The molecule has 1 rings (SSSR count). The number of β-amino-alcohol motifs (C(OH)–C–C–N with tert-alkyl or cyclic N) is 1. The summed E-state index contributed by atoms with van der Waals surface area (Å²) in [6.45, 7) is 12.1. The fraction of sp³-hybridized carbons (Fsp3) is 1.00. The van der Waals surface area contributed by atoms with Crippen LogP contribution in [-0.4, -0.2) is 35.7 Å². The van der Waals surface area contributed by atoms with Crippen LogP contribution in [0.2, 0.25) is 0 Å². The molecule has 2 heteroatoms. The normalized spacial score (nSPS) is 29.4. The maximum absolute atomic E-state index is 10.0. The van der Waals surface area contributed by atoms with E-state index in [-0.39, 0.29) is 6.10 Å². The molecule has 0 aromatic rings. The second kappa shape index (κ2) is 5.31. The highest BCUT2D eigenvalue weighted by atomic mass is 16.3. The third-order valence-electron chi connectivity index (χ3n) is 3.52. The maximum atomic E-state index is 10.0. The van der Waals surface area contributed by atoms with Gasteiger partial charge in [-0.2, -0.15) is 0 Å². The minimum Gasteiger partial charge on any atom is -0.392 e. The third kappa shape index (κ3) is 4.52. The van der Waals surface area contributed by atoms with E-state index in [2.05, 4.69) is 32.6 Å². The summed E-state index contributed by atoms with van der Waals surface area (Å²) in [5.74, 6) is 0.534. The summed E-state index contributed by atoms with van der Waals surface area (Å²) in [7, 11) is 0. The first-order chi connectivity index (χ1) is 6.92. The minimum atomic E-state index is -0.0963. The van der Waals surface area contributed by atoms with E-state index in [1.807, 2.05) is 0 Å². The van der Waals surface area contributed by atoms with Gasteiger partial charge in [0.2, 0.25) is 0 Å². The van der Waals surface area contributed by atoms with Crippen molar-refractivity contribution in [2.75, 3.05) is 19.6 Å². The van der Waals surface area contributed by atoms with E-state index in [0.717, 1.165) is 13.1 Å². The summed E-state index contributed by atoms with van der Waals surface area (Å²) >= 11 is 0. The fourth-order valence-electron chi connectivity index (χ4n) is 2.29. The number of hydrogen-bond donors (Lipinski definition) is 1. The summed E-state index contributed by atoms with van der Waals surface area (Å²) in [5, 5.41) is 10.0. The standard InChI is InChI=1S/C13H27NO/c1-5-14-9-7-11(12(15)10-14)6-8-13(2,3)4/h11-12,15H,5-10H2,1-4H3/t11?,12-/m1/s1.